The Morgan fingerprint density at radius 2 is 1.62 bits per heavy atom. The highest BCUT2D eigenvalue weighted by Gasteiger charge is 2.19. The first-order valence-electron chi connectivity index (χ1n) is 10.4. The number of carboxylic acids is 1. The molecule has 32 heavy (non-hydrogen) atoms. The van der Waals surface area contributed by atoms with Crippen LogP contribution in [-0.2, 0) is 0 Å². The van der Waals surface area contributed by atoms with Crippen LogP contribution in [0.3, 0.4) is 0 Å². The average molecular weight is 434 g/mol. The standard InChI is InChI=1S/C25H26N2O5/c1-4-18(5-2)31-19-11-13-20(14-12-19)32-23-15-10-17(16-26-23)24(28)27(3)22-9-7-6-8-21(22)25(29)30/h6-16,18H,4-5H2,1-3H3,(H,29,30). The lowest BCUT2D eigenvalue weighted by Gasteiger charge is -2.19. The summed E-state index contributed by atoms with van der Waals surface area (Å²) in [4.78, 5) is 29.7. The van der Waals surface area contributed by atoms with E-state index in [1.165, 1.54) is 24.2 Å². The summed E-state index contributed by atoms with van der Waals surface area (Å²) >= 11 is 0. The topological polar surface area (TPSA) is 89.0 Å². The van der Waals surface area contributed by atoms with E-state index in [-0.39, 0.29) is 17.6 Å². The third kappa shape index (κ3) is 5.43. The van der Waals surface area contributed by atoms with Crippen molar-refractivity contribution in [2.24, 2.45) is 0 Å². The molecular weight excluding hydrogens is 408 g/mol. The first-order valence-corrected chi connectivity index (χ1v) is 10.4. The van der Waals surface area contributed by atoms with Crippen molar-refractivity contribution >= 4 is 17.6 Å². The fourth-order valence-electron chi connectivity index (χ4n) is 3.17. The third-order valence-electron chi connectivity index (χ3n) is 5.04. The van der Waals surface area contributed by atoms with Gasteiger partial charge in [-0.05, 0) is 55.3 Å². The first-order chi connectivity index (χ1) is 15.4. The van der Waals surface area contributed by atoms with E-state index in [9.17, 15) is 14.7 Å². The first kappa shape index (κ1) is 22.8. The number of para-hydroxylation sites is 1. The van der Waals surface area contributed by atoms with Crippen molar-refractivity contribution in [1.82, 2.24) is 4.98 Å². The van der Waals surface area contributed by atoms with Crippen molar-refractivity contribution in [2.75, 3.05) is 11.9 Å². The molecule has 0 saturated carbocycles. The molecular formula is C25H26N2O5. The van der Waals surface area contributed by atoms with Gasteiger partial charge in [0.25, 0.3) is 5.91 Å². The number of ether oxygens (including phenoxy) is 2. The number of hydrogen-bond acceptors (Lipinski definition) is 5. The lowest BCUT2D eigenvalue weighted by atomic mass is 10.1. The molecule has 0 atom stereocenters. The molecule has 0 fully saturated rings. The van der Waals surface area contributed by atoms with Gasteiger partial charge in [0.2, 0.25) is 5.88 Å². The number of amides is 1. The van der Waals surface area contributed by atoms with Gasteiger partial charge in [-0.1, -0.05) is 26.0 Å². The Labute approximate surface area is 187 Å². The predicted octanol–water partition coefficient (Wildman–Crippen LogP) is 5.42. The molecule has 0 aliphatic heterocycles. The summed E-state index contributed by atoms with van der Waals surface area (Å²) in [5.41, 5.74) is 0.669. The molecule has 1 aromatic heterocycles. The summed E-state index contributed by atoms with van der Waals surface area (Å²) in [5, 5.41) is 9.35. The van der Waals surface area contributed by atoms with Crippen molar-refractivity contribution < 1.29 is 24.2 Å². The highest BCUT2D eigenvalue weighted by molar-refractivity contribution is 6.08. The van der Waals surface area contributed by atoms with Crippen molar-refractivity contribution in [3.8, 4) is 17.4 Å². The van der Waals surface area contributed by atoms with E-state index in [0.29, 0.717) is 22.9 Å². The number of aromatic carboxylic acids is 1. The van der Waals surface area contributed by atoms with Gasteiger partial charge < -0.3 is 19.5 Å². The fraction of sp³-hybridized carbons (Fsp3) is 0.240. The third-order valence-corrected chi connectivity index (χ3v) is 5.04. The smallest absolute Gasteiger partial charge is 0.337 e. The highest BCUT2D eigenvalue weighted by Crippen LogP contribution is 2.25. The molecule has 0 bridgehead atoms. The molecule has 1 amide bonds. The SMILES string of the molecule is CCC(CC)Oc1ccc(Oc2ccc(C(=O)N(C)c3ccccc3C(=O)O)cn2)cc1. The minimum absolute atomic E-state index is 0.0490. The van der Waals surface area contributed by atoms with Crippen LogP contribution in [0.15, 0.2) is 66.9 Å². The van der Waals surface area contributed by atoms with Crippen LogP contribution in [0.1, 0.15) is 47.4 Å². The maximum Gasteiger partial charge on any atom is 0.337 e. The van der Waals surface area contributed by atoms with Crippen LogP contribution in [0.5, 0.6) is 17.4 Å². The number of benzene rings is 2. The van der Waals surface area contributed by atoms with Gasteiger partial charge in [-0.3, -0.25) is 4.79 Å². The van der Waals surface area contributed by atoms with Gasteiger partial charge in [0.05, 0.1) is 22.9 Å². The number of pyridine rings is 1. The molecule has 2 aromatic carbocycles. The molecule has 1 heterocycles. The number of carbonyl (C=O) groups is 2. The maximum absolute atomic E-state index is 12.8. The molecule has 0 unspecified atom stereocenters. The van der Waals surface area contributed by atoms with Gasteiger partial charge in [0, 0.05) is 19.3 Å². The number of anilines is 1. The van der Waals surface area contributed by atoms with E-state index in [4.69, 9.17) is 9.47 Å². The van der Waals surface area contributed by atoms with E-state index in [1.54, 1.807) is 42.5 Å². The zero-order valence-corrected chi connectivity index (χ0v) is 18.3. The number of carboxylic acid groups (broad SMARTS) is 1. The Kier molecular flexibility index (Phi) is 7.44. The summed E-state index contributed by atoms with van der Waals surface area (Å²) in [6, 6.07) is 16.8. The number of nitrogens with zero attached hydrogens (tertiary/aromatic N) is 2. The Morgan fingerprint density at radius 1 is 0.969 bits per heavy atom. The van der Waals surface area contributed by atoms with Crippen molar-refractivity contribution in [3.63, 3.8) is 0 Å². The van der Waals surface area contributed by atoms with Crippen molar-refractivity contribution in [1.29, 1.82) is 0 Å². The van der Waals surface area contributed by atoms with Crippen LogP contribution < -0.4 is 14.4 Å². The summed E-state index contributed by atoms with van der Waals surface area (Å²) in [7, 11) is 1.53. The van der Waals surface area contributed by atoms with E-state index in [0.717, 1.165) is 18.6 Å². The van der Waals surface area contributed by atoms with Crippen LogP contribution in [0.2, 0.25) is 0 Å². The molecule has 0 aliphatic carbocycles. The van der Waals surface area contributed by atoms with Gasteiger partial charge in [0.15, 0.2) is 0 Å². The van der Waals surface area contributed by atoms with E-state index in [2.05, 4.69) is 18.8 Å². The quantitative estimate of drug-likeness (QED) is 0.484. The molecule has 7 nitrogen and oxygen atoms in total. The molecule has 7 heteroatoms. The Morgan fingerprint density at radius 3 is 2.22 bits per heavy atom. The van der Waals surface area contributed by atoms with Crippen LogP contribution in [0.25, 0.3) is 0 Å². The van der Waals surface area contributed by atoms with Gasteiger partial charge in [-0.15, -0.1) is 0 Å². The maximum atomic E-state index is 12.8. The molecule has 0 spiro atoms. The van der Waals surface area contributed by atoms with Crippen LogP contribution in [0.4, 0.5) is 5.69 Å². The second-order valence-corrected chi connectivity index (χ2v) is 7.20. The van der Waals surface area contributed by atoms with Gasteiger partial charge in [-0.25, -0.2) is 9.78 Å². The number of carbonyl (C=O) groups excluding carboxylic acids is 1. The Hall–Kier alpha value is -3.87. The van der Waals surface area contributed by atoms with E-state index >= 15 is 0 Å². The van der Waals surface area contributed by atoms with Crippen molar-refractivity contribution in [3.05, 3.63) is 78.0 Å². The lowest BCUT2D eigenvalue weighted by molar-refractivity contribution is 0.0697. The monoisotopic (exact) mass is 434 g/mol. The largest absolute Gasteiger partial charge is 0.490 e. The summed E-state index contributed by atoms with van der Waals surface area (Å²) < 4.78 is 11.6. The normalized spacial score (nSPS) is 10.6. The zero-order valence-electron chi connectivity index (χ0n) is 18.3. The average Bonchev–Trinajstić information content (AvgIpc) is 2.83. The molecule has 3 rings (SSSR count). The second-order valence-electron chi connectivity index (χ2n) is 7.20. The molecule has 3 aromatic rings. The molecule has 0 radical (unpaired) electrons. The van der Waals surface area contributed by atoms with Gasteiger partial charge in [0.1, 0.15) is 11.5 Å². The van der Waals surface area contributed by atoms with E-state index < -0.39 is 5.97 Å². The molecule has 166 valence electrons. The Balaban J connectivity index is 1.67. The predicted molar refractivity (Wildman–Crippen MR) is 122 cm³/mol. The minimum Gasteiger partial charge on any atom is -0.490 e. The van der Waals surface area contributed by atoms with E-state index in [1.807, 2.05) is 12.1 Å². The molecule has 0 aliphatic rings. The van der Waals surface area contributed by atoms with Crippen LogP contribution in [-0.4, -0.2) is 35.1 Å². The van der Waals surface area contributed by atoms with Crippen molar-refractivity contribution in [2.45, 2.75) is 32.8 Å². The fourth-order valence-corrected chi connectivity index (χ4v) is 3.17. The lowest BCUT2D eigenvalue weighted by Crippen LogP contribution is -2.28. The summed E-state index contributed by atoms with van der Waals surface area (Å²) in [6.07, 6.45) is 3.48. The highest BCUT2D eigenvalue weighted by atomic mass is 16.5. The minimum atomic E-state index is -1.10. The van der Waals surface area contributed by atoms with Gasteiger partial charge in [-0.2, -0.15) is 0 Å². The van der Waals surface area contributed by atoms with Crippen LogP contribution in [0, 0.1) is 0 Å². The number of aromatic nitrogens is 1. The second kappa shape index (κ2) is 10.4. The molecule has 1 N–H and O–H groups in total. The summed E-state index contributed by atoms with van der Waals surface area (Å²) in [6.45, 7) is 4.18. The molecule has 0 saturated heterocycles. The number of rotatable bonds is 9. The summed E-state index contributed by atoms with van der Waals surface area (Å²) in [5.74, 6) is 0.244. The van der Waals surface area contributed by atoms with Crippen LogP contribution >= 0.6 is 0 Å². The number of hydrogen-bond donors (Lipinski definition) is 1. The van der Waals surface area contributed by atoms with Gasteiger partial charge >= 0.3 is 5.97 Å². The zero-order chi connectivity index (χ0) is 23.1. The Bertz CT molecular complexity index is 1060.